The first kappa shape index (κ1) is 8.40. The van der Waals surface area contributed by atoms with E-state index in [0.717, 1.165) is 10.4 Å². The molecule has 0 spiro atoms. The molecule has 0 aliphatic heterocycles. The second kappa shape index (κ2) is 3.68. The zero-order valence-electron chi connectivity index (χ0n) is 6.84. The van der Waals surface area contributed by atoms with Crippen LogP contribution in [0, 0.1) is 0 Å². The monoisotopic (exact) mass is 195 g/mol. The summed E-state index contributed by atoms with van der Waals surface area (Å²) in [7, 11) is 0. The molecule has 1 unspecified atom stereocenters. The van der Waals surface area contributed by atoms with E-state index >= 15 is 0 Å². The fourth-order valence-electron chi connectivity index (χ4n) is 1.10. The lowest BCUT2D eigenvalue weighted by molar-refractivity contribution is 0.179. The van der Waals surface area contributed by atoms with Crippen LogP contribution in [0.15, 0.2) is 24.7 Å². The van der Waals surface area contributed by atoms with Crippen molar-refractivity contribution in [2.24, 2.45) is 0 Å². The van der Waals surface area contributed by atoms with Gasteiger partial charge in [-0.15, -0.1) is 0 Å². The standard InChI is InChI=1S/C8H9N3OS/c12-8(6-4-9-10-5-6)3-7-1-2-11-13-7/h1-2,4-5,8,12H,3H2,(H,9,10). The van der Waals surface area contributed by atoms with Gasteiger partial charge in [-0.2, -0.15) is 5.10 Å². The van der Waals surface area contributed by atoms with Crippen LogP contribution < -0.4 is 0 Å². The Morgan fingerprint density at radius 3 is 3.15 bits per heavy atom. The summed E-state index contributed by atoms with van der Waals surface area (Å²) in [5.41, 5.74) is 0.813. The van der Waals surface area contributed by atoms with Crippen LogP contribution in [0.4, 0.5) is 0 Å². The predicted octanol–water partition coefficient (Wildman–Crippen LogP) is 1.14. The first-order valence-corrected chi connectivity index (χ1v) is 4.70. The van der Waals surface area contributed by atoms with Gasteiger partial charge in [0.2, 0.25) is 0 Å². The Balaban J connectivity index is 2.04. The van der Waals surface area contributed by atoms with Crippen LogP contribution in [0.1, 0.15) is 16.5 Å². The van der Waals surface area contributed by atoms with Crippen LogP contribution in [-0.4, -0.2) is 19.7 Å². The molecule has 2 N–H and O–H groups in total. The van der Waals surface area contributed by atoms with Gasteiger partial charge < -0.3 is 5.11 Å². The second-order valence-electron chi connectivity index (χ2n) is 2.73. The highest BCUT2D eigenvalue weighted by Crippen LogP contribution is 2.18. The molecule has 2 rings (SSSR count). The third-order valence-corrected chi connectivity index (χ3v) is 2.55. The molecule has 0 amide bonds. The molecule has 0 aromatic carbocycles. The quantitative estimate of drug-likeness (QED) is 0.772. The summed E-state index contributed by atoms with van der Waals surface area (Å²) >= 11 is 1.41. The van der Waals surface area contributed by atoms with Gasteiger partial charge in [0.05, 0.1) is 12.3 Å². The molecular weight excluding hydrogens is 186 g/mol. The Bertz CT molecular complexity index is 343. The second-order valence-corrected chi connectivity index (χ2v) is 3.65. The van der Waals surface area contributed by atoms with Gasteiger partial charge in [0, 0.05) is 29.3 Å². The molecule has 2 aromatic heterocycles. The summed E-state index contributed by atoms with van der Waals surface area (Å²) in [6, 6.07) is 1.91. The van der Waals surface area contributed by atoms with Crippen LogP contribution in [0.2, 0.25) is 0 Å². The minimum atomic E-state index is -0.487. The van der Waals surface area contributed by atoms with Crippen LogP contribution in [-0.2, 0) is 6.42 Å². The molecule has 0 saturated heterocycles. The summed E-state index contributed by atoms with van der Waals surface area (Å²) in [6.07, 6.45) is 5.18. The molecule has 4 nitrogen and oxygen atoms in total. The van der Waals surface area contributed by atoms with Crippen LogP contribution in [0.5, 0.6) is 0 Å². The molecule has 1 atom stereocenters. The Kier molecular flexibility index (Phi) is 2.37. The largest absolute Gasteiger partial charge is 0.388 e. The zero-order chi connectivity index (χ0) is 9.10. The highest BCUT2D eigenvalue weighted by atomic mass is 32.1. The Hall–Kier alpha value is -1.20. The van der Waals surface area contributed by atoms with Crippen molar-refractivity contribution in [1.82, 2.24) is 14.6 Å². The summed E-state index contributed by atoms with van der Waals surface area (Å²) in [5.74, 6) is 0. The molecule has 0 fully saturated rings. The van der Waals surface area contributed by atoms with Crippen LogP contribution in [0.25, 0.3) is 0 Å². The van der Waals surface area contributed by atoms with Crippen molar-refractivity contribution in [2.75, 3.05) is 0 Å². The number of aliphatic hydroxyl groups excluding tert-OH is 1. The van der Waals surface area contributed by atoms with Crippen molar-refractivity contribution in [3.63, 3.8) is 0 Å². The molecule has 2 heterocycles. The lowest BCUT2D eigenvalue weighted by Crippen LogP contribution is -1.98. The summed E-state index contributed by atoms with van der Waals surface area (Å²) < 4.78 is 3.96. The number of H-pyrrole nitrogens is 1. The predicted molar refractivity (Wildman–Crippen MR) is 49.4 cm³/mol. The number of nitrogens with one attached hydrogen (secondary N) is 1. The Morgan fingerprint density at radius 2 is 2.54 bits per heavy atom. The van der Waals surface area contributed by atoms with Crippen molar-refractivity contribution in [3.05, 3.63) is 35.1 Å². The summed E-state index contributed by atoms with van der Waals surface area (Å²) in [6.45, 7) is 0. The van der Waals surface area contributed by atoms with Gasteiger partial charge in [-0.25, -0.2) is 4.37 Å². The molecule has 0 saturated carbocycles. The third-order valence-electron chi connectivity index (χ3n) is 1.79. The number of aromatic nitrogens is 3. The highest BCUT2D eigenvalue weighted by molar-refractivity contribution is 7.05. The molecular formula is C8H9N3OS. The molecule has 2 aromatic rings. The minimum absolute atomic E-state index is 0.487. The molecule has 0 radical (unpaired) electrons. The molecule has 68 valence electrons. The zero-order valence-corrected chi connectivity index (χ0v) is 7.66. The van der Waals surface area contributed by atoms with Crippen molar-refractivity contribution in [1.29, 1.82) is 0 Å². The maximum atomic E-state index is 9.70. The van der Waals surface area contributed by atoms with Crippen molar-refractivity contribution >= 4 is 11.5 Å². The topological polar surface area (TPSA) is 61.8 Å². The van der Waals surface area contributed by atoms with Gasteiger partial charge in [-0.1, -0.05) is 0 Å². The van der Waals surface area contributed by atoms with Gasteiger partial charge >= 0.3 is 0 Å². The van der Waals surface area contributed by atoms with Gasteiger partial charge in [-0.3, -0.25) is 5.10 Å². The van der Waals surface area contributed by atoms with E-state index in [1.54, 1.807) is 18.6 Å². The fraction of sp³-hybridized carbons (Fsp3) is 0.250. The van der Waals surface area contributed by atoms with Gasteiger partial charge in [-0.05, 0) is 17.6 Å². The number of aromatic amines is 1. The van der Waals surface area contributed by atoms with Crippen molar-refractivity contribution in [3.8, 4) is 0 Å². The van der Waals surface area contributed by atoms with E-state index in [4.69, 9.17) is 0 Å². The molecule has 5 heteroatoms. The number of nitrogens with zero attached hydrogens (tertiary/aromatic N) is 2. The SMILES string of the molecule is OC(Cc1ccns1)c1cn[nH]c1. The van der Waals surface area contributed by atoms with E-state index in [0.29, 0.717) is 6.42 Å². The van der Waals surface area contributed by atoms with Gasteiger partial charge in [0.25, 0.3) is 0 Å². The molecule has 0 aliphatic carbocycles. The number of hydrogen-bond donors (Lipinski definition) is 2. The van der Waals surface area contributed by atoms with Crippen molar-refractivity contribution < 1.29 is 5.11 Å². The molecule has 13 heavy (non-hydrogen) atoms. The van der Waals surface area contributed by atoms with Crippen LogP contribution >= 0.6 is 11.5 Å². The summed E-state index contributed by atoms with van der Waals surface area (Å²) in [4.78, 5) is 1.08. The average Bonchev–Trinajstić information content (AvgIpc) is 2.74. The first-order valence-electron chi connectivity index (χ1n) is 3.92. The van der Waals surface area contributed by atoms with Gasteiger partial charge in [0.1, 0.15) is 0 Å². The normalized spacial score (nSPS) is 13.0. The van der Waals surface area contributed by atoms with Crippen molar-refractivity contribution in [2.45, 2.75) is 12.5 Å². The molecule has 0 aliphatic rings. The number of aliphatic hydroxyl groups is 1. The third kappa shape index (κ3) is 1.93. The van der Waals surface area contributed by atoms with E-state index < -0.39 is 6.10 Å². The average molecular weight is 195 g/mol. The van der Waals surface area contributed by atoms with E-state index in [1.807, 2.05) is 6.07 Å². The maximum absolute atomic E-state index is 9.70. The van der Waals surface area contributed by atoms with E-state index in [1.165, 1.54) is 11.5 Å². The van der Waals surface area contributed by atoms with Gasteiger partial charge in [0.15, 0.2) is 0 Å². The molecule has 0 bridgehead atoms. The Morgan fingerprint density at radius 1 is 1.62 bits per heavy atom. The number of hydrogen-bond acceptors (Lipinski definition) is 4. The summed E-state index contributed by atoms with van der Waals surface area (Å²) in [5, 5.41) is 16.1. The lowest BCUT2D eigenvalue weighted by Gasteiger charge is -2.04. The van der Waals surface area contributed by atoms with E-state index in [-0.39, 0.29) is 0 Å². The first-order chi connectivity index (χ1) is 6.36. The number of rotatable bonds is 3. The van der Waals surface area contributed by atoms with E-state index in [9.17, 15) is 5.11 Å². The van der Waals surface area contributed by atoms with E-state index in [2.05, 4.69) is 14.6 Å². The maximum Gasteiger partial charge on any atom is 0.0869 e. The van der Waals surface area contributed by atoms with Crippen LogP contribution in [0.3, 0.4) is 0 Å². The fourth-order valence-corrected chi connectivity index (χ4v) is 1.71. The lowest BCUT2D eigenvalue weighted by atomic mass is 10.1. The minimum Gasteiger partial charge on any atom is -0.388 e. The Labute approximate surface area is 79.4 Å². The smallest absolute Gasteiger partial charge is 0.0869 e. The highest BCUT2D eigenvalue weighted by Gasteiger charge is 2.09.